The van der Waals surface area contributed by atoms with Gasteiger partial charge >= 0.3 is 0 Å². The fourth-order valence-electron chi connectivity index (χ4n) is 4.07. The number of sulfonamides is 1. The van der Waals surface area contributed by atoms with Gasteiger partial charge < -0.3 is 10.1 Å². The van der Waals surface area contributed by atoms with Gasteiger partial charge in [0.25, 0.3) is 15.9 Å². The van der Waals surface area contributed by atoms with Crippen molar-refractivity contribution in [2.24, 2.45) is 0 Å². The SMILES string of the molecule is COc1ncc(NC(=O)c2csc(-c3ccccc3)n2)cc1S(=O)(=O)Nc1sc2c(c1C#N)CCCC2. The monoisotopic (exact) mass is 551 g/mol. The number of nitrogens with one attached hydrogen (secondary N) is 2. The molecule has 37 heavy (non-hydrogen) atoms. The van der Waals surface area contributed by atoms with E-state index < -0.39 is 15.9 Å². The van der Waals surface area contributed by atoms with Gasteiger partial charge in [-0.1, -0.05) is 30.3 Å². The number of aryl methyl sites for hydroxylation is 1. The molecule has 0 bridgehead atoms. The third-order valence-corrected chi connectivity index (χ3v) is 9.40. The van der Waals surface area contributed by atoms with E-state index in [2.05, 4.69) is 26.1 Å². The van der Waals surface area contributed by atoms with Gasteiger partial charge in [0.05, 0.1) is 24.6 Å². The largest absolute Gasteiger partial charge is 0.480 e. The van der Waals surface area contributed by atoms with Crippen molar-refractivity contribution in [1.82, 2.24) is 9.97 Å². The number of aromatic nitrogens is 2. The van der Waals surface area contributed by atoms with Crippen molar-refractivity contribution in [3.8, 4) is 22.5 Å². The predicted molar refractivity (Wildman–Crippen MR) is 143 cm³/mol. The molecule has 0 spiro atoms. The van der Waals surface area contributed by atoms with Gasteiger partial charge in [-0.2, -0.15) is 5.26 Å². The van der Waals surface area contributed by atoms with Crippen LogP contribution in [0.5, 0.6) is 5.88 Å². The third-order valence-electron chi connectivity index (χ3n) is 5.83. The topological polar surface area (TPSA) is 134 Å². The first-order valence-corrected chi connectivity index (χ1v) is 14.5. The molecule has 3 aromatic heterocycles. The van der Waals surface area contributed by atoms with Crippen LogP contribution in [0.1, 0.15) is 39.3 Å². The summed E-state index contributed by atoms with van der Waals surface area (Å²) in [5.74, 6) is -0.634. The highest BCUT2D eigenvalue weighted by Crippen LogP contribution is 2.39. The Morgan fingerprint density at radius 1 is 1.19 bits per heavy atom. The highest BCUT2D eigenvalue weighted by atomic mass is 32.2. The van der Waals surface area contributed by atoms with E-state index in [-0.39, 0.29) is 27.2 Å². The summed E-state index contributed by atoms with van der Waals surface area (Å²) in [6, 6.07) is 12.9. The first-order valence-electron chi connectivity index (χ1n) is 11.3. The highest BCUT2D eigenvalue weighted by molar-refractivity contribution is 7.93. The number of hydrogen-bond donors (Lipinski definition) is 2. The van der Waals surface area contributed by atoms with Gasteiger partial charge in [-0.25, -0.2) is 18.4 Å². The fourth-order valence-corrected chi connectivity index (χ4v) is 7.56. The van der Waals surface area contributed by atoms with Gasteiger partial charge in [-0.15, -0.1) is 22.7 Å². The number of thiophene rings is 1. The number of hydrogen-bond acceptors (Lipinski definition) is 9. The molecule has 0 saturated heterocycles. The lowest BCUT2D eigenvalue weighted by molar-refractivity contribution is 0.102. The fraction of sp³-hybridized carbons (Fsp3) is 0.200. The lowest BCUT2D eigenvalue weighted by Gasteiger charge is -2.12. The third kappa shape index (κ3) is 5.06. The minimum absolute atomic E-state index is 0.134. The van der Waals surface area contributed by atoms with E-state index in [1.807, 2.05) is 30.3 Å². The number of fused-ring (bicyclic) bond motifs is 1. The zero-order chi connectivity index (χ0) is 26.0. The van der Waals surface area contributed by atoms with E-state index in [1.165, 1.54) is 42.0 Å². The van der Waals surface area contributed by atoms with Crippen molar-refractivity contribution >= 4 is 49.3 Å². The Kier molecular flexibility index (Phi) is 6.92. The van der Waals surface area contributed by atoms with Gasteiger partial charge in [0.2, 0.25) is 5.88 Å². The Bertz CT molecular complexity index is 1620. The van der Waals surface area contributed by atoms with Crippen molar-refractivity contribution in [1.29, 1.82) is 5.26 Å². The van der Waals surface area contributed by atoms with Crippen molar-refractivity contribution in [2.45, 2.75) is 30.6 Å². The molecule has 0 aliphatic heterocycles. The Morgan fingerprint density at radius 2 is 1.97 bits per heavy atom. The average molecular weight is 552 g/mol. The first-order chi connectivity index (χ1) is 17.9. The van der Waals surface area contributed by atoms with E-state index in [4.69, 9.17) is 4.74 Å². The summed E-state index contributed by atoms with van der Waals surface area (Å²) >= 11 is 2.62. The number of carbonyl (C=O) groups is 1. The van der Waals surface area contributed by atoms with Crippen molar-refractivity contribution in [3.63, 3.8) is 0 Å². The minimum Gasteiger partial charge on any atom is -0.480 e. The molecule has 1 amide bonds. The van der Waals surface area contributed by atoms with Crippen LogP contribution < -0.4 is 14.8 Å². The molecule has 1 aliphatic rings. The van der Waals surface area contributed by atoms with Crippen LogP contribution in [0, 0.1) is 11.3 Å². The Balaban J connectivity index is 1.41. The molecule has 188 valence electrons. The number of anilines is 2. The Labute approximate surface area is 221 Å². The van der Waals surface area contributed by atoms with E-state index in [9.17, 15) is 18.5 Å². The van der Waals surface area contributed by atoms with Crippen LogP contribution in [-0.4, -0.2) is 31.4 Å². The van der Waals surface area contributed by atoms with Gasteiger partial charge in [0, 0.05) is 15.8 Å². The smallest absolute Gasteiger partial charge is 0.275 e. The summed E-state index contributed by atoms with van der Waals surface area (Å²) in [7, 11) is -2.88. The molecule has 1 aliphatic carbocycles. The quantitative estimate of drug-likeness (QED) is 0.327. The van der Waals surface area contributed by atoms with Crippen LogP contribution in [0.3, 0.4) is 0 Å². The van der Waals surface area contributed by atoms with Crippen LogP contribution in [0.25, 0.3) is 10.6 Å². The summed E-state index contributed by atoms with van der Waals surface area (Å²) in [6.45, 7) is 0. The summed E-state index contributed by atoms with van der Waals surface area (Å²) in [4.78, 5) is 22.1. The number of methoxy groups -OCH3 is 1. The molecule has 0 fully saturated rings. The molecular weight excluding hydrogens is 531 g/mol. The van der Waals surface area contributed by atoms with Crippen molar-refractivity contribution < 1.29 is 17.9 Å². The summed E-state index contributed by atoms with van der Waals surface area (Å²) in [5.41, 5.74) is 2.53. The average Bonchev–Trinajstić information content (AvgIpc) is 3.54. The van der Waals surface area contributed by atoms with Gasteiger partial charge in [0.15, 0.2) is 4.90 Å². The summed E-state index contributed by atoms with van der Waals surface area (Å²) < 4.78 is 34.5. The number of nitrogens with zero attached hydrogens (tertiary/aromatic N) is 3. The molecule has 5 rings (SSSR count). The molecule has 0 atom stereocenters. The number of pyridine rings is 1. The van der Waals surface area contributed by atoms with Crippen LogP contribution in [-0.2, 0) is 22.9 Å². The lowest BCUT2D eigenvalue weighted by atomic mass is 9.96. The standard InChI is InChI=1S/C25H21N5O4S3/c1-34-23-21(37(32,33)30-25-18(12-26)17-9-5-6-10-20(17)36-25)11-16(13-27-23)28-22(31)19-14-35-24(29-19)15-7-3-2-4-8-15/h2-4,7-8,11,13-14,30H,5-6,9-10H2,1H3,(H,28,31). The number of thiazole rings is 1. The number of nitriles is 1. The summed E-state index contributed by atoms with van der Waals surface area (Å²) in [5, 5.41) is 15.0. The van der Waals surface area contributed by atoms with E-state index in [0.29, 0.717) is 10.6 Å². The van der Waals surface area contributed by atoms with Crippen LogP contribution in [0.2, 0.25) is 0 Å². The number of rotatable bonds is 7. The van der Waals surface area contributed by atoms with Crippen LogP contribution in [0.15, 0.2) is 52.9 Å². The van der Waals surface area contributed by atoms with Crippen molar-refractivity contribution in [2.75, 3.05) is 17.1 Å². The van der Waals surface area contributed by atoms with Gasteiger partial charge in [-0.05, 0) is 37.3 Å². The minimum atomic E-state index is -4.19. The van der Waals surface area contributed by atoms with E-state index in [0.717, 1.165) is 41.7 Å². The maximum atomic E-state index is 13.4. The number of ether oxygens (including phenoxy) is 1. The second kappa shape index (κ2) is 10.3. The molecule has 12 heteroatoms. The zero-order valence-electron chi connectivity index (χ0n) is 19.6. The Morgan fingerprint density at radius 3 is 2.73 bits per heavy atom. The molecule has 1 aromatic carbocycles. The highest BCUT2D eigenvalue weighted by Gasteiger charge is 2.27. The maximum absolute atomic E-state index is 13.4. The van der Waals surface area contributed by atoms with Crippen LogP contribution >= 0.6 is 22.7 Å². The molecule has 0 radical (unpaired) electrons. The first kappa shape index (κ1) is 24.9. The Hall–Kier alpha value is -3.79. The van der Waals surface area contributed by atoms with Gasteiger partial charge in [-0.3, -0.25) is 9.52 Å². The summed E-state index contributed by atoms with van der Waals surface area (Å²) in [6.07, 6.45) is 4.87. The molecule has 9 nitrogen and oxygen atoms in total. The molecule has 3 heterocycles. The molecule has 0 saturated carbocycles. The van der Waals surface area contributed by atoms with Crippen molar-refractivity contribution in [3.05, 3.63) is 69.7 Å². The molecule has 2 N–H and O–H groups in total. The number of benzene rings is 1. The zero-order valence-corrected chi connectivity index (χ0v) is 22.1. The van der Waals surface area contributed by atoms with Crippen LogP contribution in [0.4, 0.5) is 10.7 Å². The second-order valence-corrected chi connectivity index (χ2v) is 11.8. The normalized spacial score (nSPS) is 12.9. The van der Waals surface area contributed by atoms with Gasteiger partial charge in [0.1, 0.15) is 21.8 Å². The molecule has 0 unspecified atom stereocenters. The molecular formula is C25H21N5O4S3. The lowest BCUT2D eigenvalue weighted by Crippen LogP contribution is -2.17. The number of carbonyl (C=O) groups excluding carboxylic acids is 1. The maximum Gasteiger partial charge on any atom is 0.275 e. The van der Waals surface area contributed by atoms with E-state index in [1.54, 1.807) is 5.38 Å². The predicted octanol–water partition coefficient (Wildman–Crippen LogP) is 5.08. The van der Waals surface area contributed by atoms with E-state index >= 15 is 0 Å². The molecule has 4 aromatic rings. The second-order valence-electron chi connectivity index (χ2n) is 8.22. The number of amides is 1.